The molecule has 6 nitrogen and oxygen atoms in total. The molecule has 0 atom stereocenters. The Bertz CT molecular complexity index is 1030. The summed E-state index contributed by atoms with van der Waals surface area (Å²) in [5, 5.41) is 9.90. The van der Waals surface area contributed by atoms with E-state index in [9.17, 15) is 14.7 Å². The van der Waals surface area contributed by atoms with Gasteiger partial charge in [0.15, 0.2) is 0 Å². The number of rotatable bonds is 4. The third kappa shape index (κ3) is 3.39. The molecule has 6 heteroatoms. The van der Waals surface area contributed by atoms with Crippen molar-refractivity contribution in [2.24, 2.45) is 5.73 Å². The molecule has 1 aliphatic rings. The molecular formula is C22H23N3O3. The van der Waals surface area contributed by atoms with Crippen LogP contribution in [-0.2, 0) is 6.54 Å². The second-order valence-corrected chi connectivity index (χ2v) is 7.27. The van der Waals surface area contributed by atoms with E-state index in [1.54, 1.807) is 24.3 Å². The highest BCUT2D eigenvalue weighted by molar-refractivity contribution is 6.06. The Labute approximate surface area is 163 Å². The molecule has 0 bridgehead atoms. The molecule has 28 heavy (non-hydrogen) atoms. The highest BCUT2D eigenvalue weighted by Crippen LogP contribution is 2.29. The maximum Gasteiger partial charge on any atom is 0.336 e. The summed E-state index contributed by atoms with van der Waals surface area (Å²) in [5.41, 5.74) is 9.46. The van der Waals surface area contributed by atoms with Crippen molar-refractivity contribution >= 4 is 22.8 Å². The molecule has 4 N–H and O–H groups in total. The molecule has 1 aliphatic heterocycles. The van der Waals surface area contributed by atoms with Gasteiger partial charge in [-0.25, -0.2) is 4.79 Å². The lowest BCUT2D eigenvalue weighted by molar-refractivity contribution is 0.0692. The summed E-state index contributed by atoms with van der Waals surface area (Å²) in [4.78, 5) is 29.2. The lowest BCUT2D eigenvalue weighted by Crippen LogP contribution is -2.38. The number of aromatic amines is 1. The minimum atomic E-state index is -0.996. The third-order valence-electron chi connectivity index (χ3n) is 5.57. The van der Waals surface area contributed by atoms with Gasteiger partial charge < -0.3 is 20.7 Å². The normalized spacial score (nSPS) is 15.1. The number of carbonyl (C=O) groups is 2. The van der Waals surface area contributed by atoms with Crippen LogP contribution in [-0.4, -0.2) is 40.0 Å². The number of carboxylic acid groups (broad SMARTS) is 1. The molecule has 144 valence electrons. The molecule has 1 saturated heterocycles. The molecule has 3 aromatic rings. The largest absolute Gasteiger partial charge is 0.478 e. The van der Waals surface area contributed by atoms with Crippen molar-refractivity contribution < 1.29 is 14.7 Å². The fourth-order valence-corrected chi connectivity index (χ4v) is 4.02. The smallest absolute Gasteiger partial charge is 0.336 e. The average Bonchev–Trinajstić information content (AvgIpc) is 3.17. The van der Waals surface area contributed by atoms with Gasteiger partial charge in [0, 0.05) is 30.5 Å². The van der Waals surface area contributed by atoms with Gasteiger partial charge in [-0.1, -0.05) is 30.3 Å². The van der Waals surface area contributed by atoms with Gasteiger partial charge in [0.2, 0.25) is 0 Å². The zero-order valence-corrected chi connectivity index (χ0v) is 15.5. The Morgan fingerprint density at radius 1 is 1.11 bits per heavy atom. The van der Waals surface area contributed by atoms with Crippen LogP contribution in [0.5, 0.6) is 0 Å². The summed E-state index contributed by atoms with van der Waals surface area (Å²) in [6.07, 6.45) is 1.81. The number of nitrogens with zero attached hydrogens (tertiary/aromatic N) is 1. The van der Waals surface area contributed by atoms with Crippen molar-refractivity contribution in [3.63, 3.8) is 0 Å². The van der Waals surface area contributed by atoms with E-state index < -0.39 is 5.97 Å². The summed E-state index contributed by atoms with van der Waals surface area (Å²) in [7, 11) is 0. The Kier molecular flexibility index (Phi) is 4.88. The number of hydrogen-bond donors (Lipinski definition) is 3. The van der Waals surface area contributed by atoms with Gasteiger partial charge in [-0.15, -0.1) is 0 Å². The van der Waals surface area contributed by atoms with Gasteiger partial charge in [0.25, 0.3) is 5.91 Å². The third-order valence-corrected chi connectivity index (χ3v) is 5.57. The Balaban J connectivity index is 1.49. The van der Waals surface area contributed by atoms with Crippen molar-refractivity contribution in [3.05, 3.63) is 70.9 Å². The zero-order valence-electron chi connectivity index (χ0n) is 15.5. The van der Waals surface area contributed by atoms with Crippen LogP contribution in [0.2, 0.25) is 0 Å². The quantitative estimate of drug-likeness (QED) is 0.649. The first-order valence-corrected chi connectivity index (χ1v) is 9.50. The summed E-state index contributed by atoms with van der Waals surface area (Å²) in [6, 6.07) is 15.0. The number of aromatic carboxylic acids is 1. The molecule has 0 spiro atoms. The summed E-state index contributed by atoms with van der Waals surface area (Å²) in [6.45, 7) is 1.89. The topological polar surface area (TPSA) is 99.4 Å². The van der Waals surface area contributed by atoms with Gasteiger partial charge in [0.05, 0.1) is 5.56 Å². The molecule has 2 aromatic carbocycles. The van der Waals surface area contributed by atoms with Crippen LogP contribution in [0.3, 0.4) is 0 Å². The van der Waals surface area contributed by atoms with E-state index in [2.05, 4.69) is 17.1 Å². The lowest BCUT2D eigenvalue weighted by atomic mass is 9.88. The van der Waals surface area contributed by atoms with Gasteiger partial charge in [0.1, 0.15) is 5.69 Å². The fraction of sp³-hybridized carbons (Fsp3) is 0.273. The highest BCUT2D eigenvalue weighted by Gasteiger charge is 2.26. The molecule has 0 saturated carbocycles. The zero-order chi connectivity index (χ0) is 19.7. The molecule has 0 aliphatic carbocycles. The van der Waals surface area contributed by atoms with E-state index in [4.69, 9.17) is 5.73 Å². The van der Waals surface area contributed by atoms with Crippen LogP contribution >= 0.6 is 0 Å². The van der Waals surface area contributed by atoms with Crippen LogP contribution in [0.4, 0.5) is 0 Å². The number of carboxylic acids is 1. The first kappa shape index (κ1) is 18.3. The van der Waals surface area contributed by atoms with E-state index in [0.717, 1.165) is 18.4 Å². The number of amides is 1. The molecule has 0 unspecified atom stereocenters. The van der Waals surface area contributed by atoms with Crippen LogP contribution in [0.25, 0.3) is 10.9 Å². The van der Waals surface area contributed by atoms with E-state index in [1.807, 2.05) is 17.0 Å². The monoisotopic (exact) mass is 377 g/mol. The molecule has 1 amide bonds. The number of nitrogens with one attached hydrogen (secondary N) is 1. The second-order valence-electron chi connectivity index (χ2n) is 7.27. The molecular weight excluding hydrogens is 354 g/mol. The Hall–Kier alpha value is -3.12. The van der Waals surface area contributed by atoms with Crippen LogP contribution in [0.15, 0.2) is 48.5 Å². The molecule has 1 fully saturated rings. The lowest BCUT2D eigenvalue weighted by Gasteiger charge is -2.32. The highest BCUT2D eigenvalue weighted by atomic mass is 16.4. The number of likely N-dealkylation sites (tertiary alicyclic amines) is 1. The fourth-order valence-electron chi connectivity index (χ4n) is 4.02. The molecule has 1 aromatic heterocycles. The maximum atomic E-state index is 12.9. The Morgan fingerprint density at radius 3 is 2.57 bits per heavy atom. The van der Waals surface area contributed by atoms with Gasteiger partial charge in [-0.3, -0.25) is 4.79 Å². The predicted molar refractivity (Wildman–Crippen MR) is 107 cm³/mol. The second kappa shape index (κ2) is 7.48. The molecule has 2 heterocycles. The van der Waals surface area contributed by atoms with Crippen molar-refractivity contribution in [3.8, 4) is 0 Å². The van der Waals surface area contributed by atoms with E-state index in [1.165, 1.54) is 5.56 Å². The van der Waals surface area contributed by atoms with Crippen molar-refractivity contribution in [2.45, 2.75) is 25.3 Å². The number of H-pyrrole nitrogens is 1. The number of nitrogens with two attached hydrogens (primary N) is 1. The first-order chi connectivity index (χ1) is 13.6. The number of benzene rings is 2. The van der Waals surface area contributed by atoms with Gasteiger partial charge in [-0.05, 0) is 48.1 Å². The van der Waals surface area contributed by atoms with Crippen molar-refractivity contribution in [1.82, 2.24) is 9.88 Å². The van der Waals surface area contributed by atoms with E-state index in [-0.39, 0.29) is 11.5 Å². The summed E-state index contributed by atoms with van der Waals surface area (Å²) >= 11 is 0. The number of carbonyl (C=O) groups excluding carboxylic acids is 1. The van der Waals surface area contributed by atoms with Gasteiger partial charge in [-0.2, -0.15) is 0 Å². The predicted octanol–water partition coefficient (Wildman–Crippen LogP) is 3.34. The minimum absolute atomic E-state index is 0.0818. The summed E-state index contributed by atoms with van der Waals surface area (Å²) in [5.74, 6) is -0.650. The van der Waals surface area contributed by atoms with E-state index in [0.29, 0.717) is 42.1 Å². The number of fused-ring (bicyclic) bond motifs is 1. The minimum Gasteiger partial charge on any atom is -0.478 e. The summed E-state index contributed by atoms with van der Waals surface area (Å²) < 4.78 is 0. The molecule has 4 rings (SSSR count). The Morgan fingerprint density at radius 2 is 1.86 bits per heavy atom. The van der Waals surface area contributed by atoms with Crippen molar-refractivity contribution in [1.29, 1.82) is 0 Å². The number of aromatic nitrogens is 1. The standard InChI is InChI=1S/C22H23N3O3/c23-13-14-3-1-4-16(11-14)15-7-9-25(10-8-15)21(26)20-12-18-17(22(27)28)5-2-6-19(18)24-20/h1-6,11-12,15,24H,7-10,13,23H2,(H,27,28). The number of hydrogen-bond acceptors (Lipinski definition) is 3. The van der Waals surface area contributed by atoms with E-state index >= 15 is 0 Å². The van der Waals surface area contributed by atoms with Gasteiger partial charge >= 0.3 is 5.97 Å². The maximum absolute atomic E-state index is 12.9. The average molecular weight is 377 g/mol. The van der Waals surface area contributed by atoms with Crippen LogP contribution in [0, 0.1) is 0 Å². The SMILES string of the molecule is NCc1cccc(C2CCN(C(=O)c3cc4c(C(=O)O)cccc4[nH]3)CC2)c1. The molecule has 0 radical (unpaired) electrons. The van der Waals surface area contributed by atoms with Crippen LogP contribution < -0.4 is 5.73 Å². The van der Waals surface area contributed by atoms with Crippen LogP contribution in [0.1, 0.15) is 50.7 Å². The first-order valence-electron chi connectivity index (χ1n) is 9.50. The van der Waals surface area contributed by atoms with Crippen molar-refractivity contribution in [2.75, 3.05) is 13.1 Å². The number of piperidine rings is 1.